The van der Waals surface area contributed by atoms with Crippen molar-refractivity contribution in [1.29, 1.82) is 0 Å². The molecule has 1 heterocycles. The summed E-state index contributed by atoms with van der Waals surface area (Å²) in [6, 6.07) is 0. The van der Waals surface area contributed by atoms with Gasteiger partial charge < -0.3 is 5.32 Å². The predicted molar refractivity (Wildman–Crippen MR) is 60.8 cm³/mol. The molecule has 0 spiro atoms. The molecule has 0 atom stereocenters. The molecule has 2 rings (SSSR count). The van der Waals surface area contributed by atoms with E-state index in [4.69, 9.17) is 0 Å². The van der Waals surface area contributed by atoms with Gasteiger partial charge in [-0.15, -0.1) is 0 Å². The van der Waals surface area contributed by atoms with E-state index in [2.05, 4.69) is 15.3 Å². The molecule has 0 aliphatic heterocycles. The second-order valence-corrected chi connectivity index (χ2v) is 4.14. The van der Waals surface area contributed by atoms with E-state index >= 15 is 0 Å². The van der Waals surface area contributed by atoms with Crippen LogP contribution in [-0.2, 0) is 24.2 Å². The van der Waals surface area contributed by atoms with Crippen LogP contribution in [-0.4, -0.2) is 15.9 Å². The highest BCUT2D eigenvalue weighted by atomic mass is 16.1. The number of aromatic nitrogens is 2. The molecule has 1 aromatic rings. The van der Waals surface area contributed by atoms with Crippen molar-refractivity contribution in [2.24, 2.45) is 0 Å². The van der Waals surface area contributed by atoms with E-state index in [0.717, 1.165) is 30.8 Å². The van der Waals surface area contributed by atoms with E-state index < -0.39 is 0 Å². The molecule has 1 aliphatic carbocycles. The Kier molecular flexibility index (Phi) is 3.49. The van der Waals surface area contributed by atoms with Gasteiger partial charge in [-0.1, -0.05) is 6.92 Å². The first-order valence-corrected chi connectivity index (χ1v) is 5.90. The van der Waals surface area contributed by atoms with Crippen LogP contribution < -0.4 is 5.32 Å². The Balaban J connectivity index is 1.93. The van der Waals surface area contributed by atoms with E-state index in [1.807, 2.05) is 13.1 Å². The van der Waals surface area contributed by atoms with Crippen LogP contribution in [0.2, 0.25) is 0 Å². The van der Waals surface area contributed by atoms with E-state index in [0.29, 0.717) is 13.0 Å². The smallest absolute Gasteiger partial charge is 0.220 e. The van der Waals surface area contributed by atoms with Crippen LogP contribution in [0.3, 0.4) is 0 Å². The van der Waals surface area contributed by atoms with Crippen LogP contribution in [0.15, 0.2) is 6.20 Å². The lowest BCUT2D eigenvalue weighted by molar-refractivity contribution is -0.121. The summed E-state index contributed by atoms with van der Waals surface area (Å²) in [6.45, 7) is 2.44. The Morgan fingerprint density at radius 1 is 1.50 bits per heavy atom. The zero-order chi connectivity index (χ0) is 11.4. The summed E-state index contributed by atoms with van der Waals surface area (Å²) in [4.78, 5) is 20.0. The van der Waals surface area contributed by atoms with Crippen LogP contribution in [0.4, 0.5) is 0 Å². The molecule has 16 heavy (non-hydrogen) atoms. The minimum atomic E-state index is 0.0756. The molecule has 0 saturated heterocycles. The maximum Gasteiger partial charge on any atom is 0.220 e. The lowest BCUT2D eigenvalue weighted by Crippen LogP contribution is -2.23. The molecule has 0 fully saturated rings. The molecule has 0 bridgehead atoms. The third-order valence-corrected chi connectivity index (χ3v) is 2.78. The number of nitrogens with zero attached hydrogens (tertiary/aromatic N) is 2. The Bertz CT molecular complexity index is 390. The van der Waals surface area contributed by atoms with Crippen LogP contribution in [0.5, 0.6) is 0 Å². The quantitative estimate of drug-likeness (QED) is 0.832. The summed E-state index contributed by atoms with van der Waals surface area (Å²) >= 11 is 0. The fourth-order valence-corrected chi connectivity index (χ4v) is 1.93. The number of hydrogen-bond acceptors (Lipinski definition) is 3. The summed E-state index contributed by atoms with van der Waals surface area (Å²) < 4.78 is 0. The second kappa shape index (κ2) is 5.05. The number of nitrogens with one attached hydrogen (secondary N) is 1. The van der Waals surface area contributed by atoms with E-state index in [-0.39, 0.29) is 5.91 Å². The van der Waals surface area contributed by atoms with E-state index in [1.54, 1.807) is 0 Å². The van der Waals surface area contributed by atoms with Crippen LogP contribution in [0.1, 0.15) is 43.3 Å². The first-order valence-electron chi connectivity index (χ1n) is 5.90. The van der Waals surface area contributed by atoms with Gasteiger partial charge in [0.05, 0.1) is 6.54 Å². The molecular weight excluding hydrogens is 202 g/mol. The Labute approximate surface area is 95.5 Å². The number of hydrogen-bond donors (Lipinski definition) is 1. The average molecular weight is 219 g/mol. The number of rotatable bonds is 4. The molecule has 0 saturated carbocycles. The maximum atomic E-state index is 11.3. The average Bonchev–Trinajstić information content (AvgIpc) is 2.74. The van der Waals surface area contributed by atoms with Crippen molar-refractivity contribution in [3.8, 4) is 0 Å². The summed E-state index contributed by atoms with van der Waals surface area (Å²) in [6.07, 6.45) is 6.67. The topological polar surface area (TPSA) is 54.9 Å². The molecule has 86 valence electrons. The molecule has 4 nitrogen and oxygen atoms in total. The Morgan fingerprint density at radius 3 is 3.19 bits per heavy atom. The van der Waals surface area contributed by atoms with Gasteiger partial charge in [0.25, 0.3) is 0 Å². The minimum Gasteiger partial charge on any atom is -0.349 e. The van der Waals surface area contributed by atoms with E-state index in [1.165, 1.54) is 12.0 Å². The molecule has 1 aromatic heterocycles. The second-order valence-electron chi connectivity index (χ2n) is 4.14. The standard InChI is InChI=1S/C12H17N3O/c1-2-4-12(16)14-8-11-13-7-9-5-3-6-10(9)15-11/h7H,2-6,8H2,1H3,(H,14,16). The molecule has 0 radical (unpaired) electrons. The molecular formula is C12H17N3O. The van der Waals surface area contributed by atoms with Crippen molar-refractivity contribution in [1.82, 2.24) is 15.3 Å². The van der Waals surface area contributed by atoms with Gasteiger partial charge in [-0.05, 0) is 31.2 Å². The maximum absolute atomic E-state index is 11.3. The van der Waals surface area contributed by atoms with Crippen molar-refractivity contribution in [3.63, 3.8) is 0 Å². The van der Waals surface area contributed by atoms with Crippen LogP contribution >= 0.6 is 0 Å². The summed E-state index contributed by atoms with van der Waals surface area (Å²) in [5.74, 6) is 0.803. The number of carbonyl (C=O) groups is 1. The molecule has 1 aliphatic rings. The van der Waals surface area contributed by atoms with Gasteiger partial charge in [0.2, 0.25) is 5.91 Å². The van der Waals surface area contributed by atoms with Gasteiger partial charge in [0.1, 0.15) is 5.82 Å². The normalized spacial score (nSPS) is 13.6. The summed E-state index contributed by atoms with van der Waals surface area (Å²) in [5.41, 5.74) is 2.43. The number of carbonyl (C=O) groups excluding carboxylic acids is 1. The predicted octanol–water partition coefficient (Wildman–Crippen LogP) is 1.38. The third-order valence-electron chi connectivity index (χ3n) is 2.78. The zero-order valence-electron chi connectivity index (χ0n) is 9.62. The van der Waals surface area contributed by atoms with Crippen molar-refractivity contribution in [2.75, 3.05) is 0 Å². The van der Waals surface area contributed by atoms with Gasteiger partial charge in [0.15, 0.2) is 0 Å². The van der Waals surface area contributed by atoms with Gasteiger partial charge in [-0.3, -0.25) is 4.79 Å². The molecule has 0 unspecified atom stereocenters. The summed E-state index contributed by atoms with van der Waals surface area (Å²) in [7, 11) is 0. The largest absolute Gasteiger partial charge is 0.349 e. The van der Waals surface area contributed by atoms with Crippen molar-refractivity contribution in [3.05, 3.63) is 23.3 Å². The van der Waals surface area contributed by atoms with Crippen molar-refractivity contribution >= 4 is 5.91 Å². The molecule has 1 N–H and O–H groups in total. The van der Waals surface area contributed by atoms with Crippen LogP contribution in [0, 0.1) is 0 Å². The third kappa shape index (κ3) is 2.56. The lowest BCUT2D eigenvalue weighted by atomic mass is 10.3. The first kappa shape index (κ1) is 11.0. The SMILES string of the molecule is CCCC(=O)NCc1ncc2c(n1)CCC2. The molecule has 1 amide bonds. The van der Waals surface area contributed by atoms with Gasteiger partial charge in [0, 0.05) is 18.3 Å². The first-order chi connectivity index (χ1) is 7.79. The summed E-state index contributed by atoms with van der Waals surface area (Å²) in [5, 5.41) is 2.83. The van der Waals surface area contributed by atoms with Crippen LogP contribution in [0.25, 0.3) is 0 Å². The number of amides is 1. The fraction of sp³-hybridized carbons (Fsp3) is 0.583. The highest BCUT2D eigenvalue weighted by molar-refractivity contribution is 5.75. The van der Waals surface area contributed by atoms with Crippen molar-refractivity contribution in [2.45, 2.75) is 45.6 Å². The Hall–Kier alpha value is -1.45. The molecule has 4 heteroatoms. The Morgan fingerprint density at radius 2 is 2.38 bits per heavy atom. The lowest BCUT2D eigenvalue weighted by Gasteiger charge is -2.04. The van der Waals surface area contributed by atoms with Gasteiger partial charge in [-0.2, -0.15) is 0 Å². The monoisotopic (exact) mass is 219 g/mol. The molecule has 0 aromatic carbocycles. The number of fused-ring (bicyclic) bond motifs is 1. The minimum absolute atomic E-state index is 0.0756. The van der Waals surface area contributed by atoms with Gasteiger partial charge >= 0.3 is 0 Å². The van der Waals surface area contributed by atoms with Gasteiger partial charge in [-0.25, -0.2) is 9.97 Å². The van der Waals surface area contributed by atoms with Crippen molar-refractivity contribution < 1.29 is 4.79 Å². The fourth-order valence-electron chi connectivity index (χ4n) is 1.93. The highest BCUT2D eigenvalue weighted by Crippen LogP contribution is 2.18. The zero-order valence-corrected chi connectivity index (χ0v) is 9.62. The number of aryl methyl sites for hydroxylation is 2. The van der Waals surface area contributed by atoms with E-state index in [9.17, 15) is 4.79 Å². The highest BCUT2D eigenvalue weighted by Gasteiger charge is 2.13.